The number of rotatable bonds is 1. The highest BCUT2D eigenvalue weighted by atomic mass is 35.5. The van der Waals surface area contributed by atoms with Crippen molar-refractivity contribution >= 4 is 22.6 Å². The number of hydrogen-bond donors (Lipinski definition) is 1. The molecule has 1 saturated carbocycles. The summed E-state index contributed by atoms with van der Waals surface area (Å²) in [5.74, 6) is 0. The van der Waals surface area contributed by atoms with Crippen LogP contribution in [0.1, 0.15) is 31.7 Å². The molecule has 2 heterocycles. The number of hydrogen-bond acceptors (Lipinski definition) is 3. The lowest BCUT2D eigenvalue weighted by molar-refractivity contribution is 0.111. The highest BCUT2D eigenvalue weighted by Gasteiger charge is 2.22. The van der Waals surface area contributed by atoms with Gasteiger partial charge in [0, 0.05) is 12.2 Å². The molecule has 0 amide bonds. The van der Waals surface area contributed by atoms with Crippen LogP contribution in [0.4, 0.5) is 0 Å². The van der Waals surface area contributed by atoms with Gasteiger partial charge in [-0.05, 0) is 31.7 Å². The highest BCUT2D eigenvalue weighted by molar-refractivity contribution is 6.33. The van der Waals surface area contributed by atoms with E-state index in [0.29, 0.717) is 11.2 Å². The van der Waals surface area contributed by atoms with Crippen molar-refractivity contribution in [1.82, 2.24) is 14.5 Å². The van der Waals surface area contributed by atoms with Gasteiger partial charge in [0.2, 0.25) is 0 Å². The summed E-state index contributed by atoms with van der Waals surface area (Å²) >= 11 is 6.03. The summed E-state index contributed by atoms with van der Waals surface area (Å²) in [5.41, 5.74) is 0.895. The van der Waals surface area contributed by atoms with Gasteiger partial charge in [-0.15, -0.1) is 0 Å². The summed E-state index contributed by atoms with van der Waals surface area (Å²) < 4.78 is 2.16. The molecule has 3 rings (SSSR count). The van der Waals surface area contributed by atoms with Gasteiger partial charge in [0.05, 0.1) is 11.5 Å². The first kappa shape index (κ1) is 11.0. The number of aliphatic hydroxyl groups is 1. The van der Waals surface area contributed by atoms with Gasteiger partial charge in [0.15, 0.2) is 0 Å². The van der Waals surface area contributed by atoms with E-state index in [1.807, 2.05) is 12.3 Å². The smallest absolute Gasteiger partial charge is 0.145 e. The molecule has 5 heteroatoms. The Morgan fingerprint density at radius 2 is 2.00 bits per heavy atom. The fourth-order valence-corrected chi connectivity index (χ4v) is 2.76. The van der Waals surface area contributed by atoms with Crippen molar-refractivity contribution < 1.29 is 5.11 Å². The Labute approximate surface area is 104 Å². The van der Waals surface area contributed by atoms with Crippen LogP contribution >= 0.6 is 11.6 Å². The van der Waals surface area contributed by atoms with Gasteiger partial charge in [-0.2, -0.15) is 0 Å². The standard InChI is InChI=1S/C12H14ClN3O/c13-11-10-5-6-16(12(10)15-7-14-11)8-1-3-9(17)4-2-8/h5-9,17H,1-4H2/t8-,9+. The summed E-state index contributed by atoms with van der Waals surface area (Å²) in [4.78, 5) is 8.28. The Kier molecular flexibility index (Phi) is 2.76. The zero-order valence-corrected chi connectivity index (χ0v) is 10.1. The maximum Gasteiger partial charge on any atom is 0.145 e. The summed E-state index contributed by atoms with van der Waals surface area (Å²) in [6.45, 7) is 0. The molecule has 0 bridgehead atoms. The third-order valence-electron chi connectivity index (χ3n) is 3.52. The number of fused-ring (bicyclic) bond motifs is 1. The molecule has 0 aliphatic heterocycles. The summed E-state index contributed by atoms with van der Waals surface area (Å²) in [7, 11) is 0. The lowest BCUT2D eigenvalue weighted by Crippen LogP contribution is -2.20. The fraction of sp³-hybridized carbons (Fsp3) is 0.500. The lowest BCUT2D eigenvalue weighted by Gasteiger charge is -2.26. The lowest BCUT2D eigenvalue weighted by atomic mass is 9.93. The number of aliphatic hydroxyl groups excluding tert-OH is 1. The first-order valence-electron chi connectivity index (χ1n) is 5.91. The van der Waals surface area contributed by atoms with Gasteiger partial charge in [-0.3, -0.25) is 0 Å². The molecule has 0 radical (unpaired) electrons. The van der Waals surface area contributed by atoms with Gasteiger partial charge in [-0.25, -0.2) is 9.97 Å². The summed E-state index contributed by atoms with van der Waals surface area (Å²) in [6, 6.07) is 2.38. The number of aromatic nitrogens is 3. The highest BCUT2D eigenvalue weighted by Crippen LogP contribution is 2.32. The van der Waals surface area contributed by atoms with E-state index in [4.69, 9.17) is 11.6 Å². The van der Waals surface area contributed by atoms with E-state index in [1.165, 1.54) is 6.33 Å². The molecule has 90 valence electrons. The fourth-order valence-electron chi connectivity index (χ4n) is 2.57. The van der Waals surface area contributed by atoms with Crippen LogP contribution in [-0.4, -0.2) is 25.7 Å². The van der Waals surface area contributed by atoms with Crippen molar-refractivity contribution in [3.8, 4) is 0 Å². The quantitative estimate of drug-likeness (QED) is 0.793. The van der Waals surface area contributed by atoms with Crippen LogP contribution in [0.25, 0.3) is 11.0 Å². The third kappa shape index (κ3) is 1.91. The molecule has 0 saturated heterocycles. The van der Waals surface area contributed by atoms with Gasteiger partial charge < -0.3 is 9.67 Å². The molecule has 0 aromatic carbocycles. The average molecular weight is 252 g/mol. The molecule has 1 aliphatic rings. The Balaban J connectivity index is 1.98. The van der Waals surface area contributed by atoms with Crippen LogP contribution in [0.3, 0.4) is 0 Å². The van der Waals surface area contributed by atoms with Gasteiger partial charge in [0.1, 0.15) is 17.1 Å². The molecule has 2 aromatic rings. The van der Waals surface area contributed by atoms with Crippen LogP contribution < -0.4 is 0 Å². The molecular formula is C12H14ClN3O. The minimum absolute atomic E-state index is 0.133. The molecule has 0 unspecified atom stereocenters. The Morgan fingerprint density at radius 3 is 2.76 bits per heavy atom. The van der Waals surface area contributed by atoms with E-state index in [-0.39, 0.29) is 6.10 Å². The monoisotopic (exact) mass is 251 g/mol. The molecule has 4 nitrogen and oxygen atoms in total. The largest absolute Gasteiger partial charge is 0.393 e. The number of nitrogens with zero attached hydrogens (tertiary/aromatic N) is 3. The second kappa shape index (κ2) is 4.27. The zero-order chi connectivity index (χ0) is 11.8. The zero-order valence-electron chi connectivity index (χ0n) is 9.38. The third-order valence-corrected chi connectivity index (χ3v) is 3.82. The SMILES string of the molecule is O[C@H]1CC[C@@H](n2ccc3c(Cl)ncnc32)CC1. The van der Waals surface area contributed by atoms with Gasteiger partial charge in [0.25, 0.3) is 0 Å². The summed E-state index contributed by atoms with van der Waals surface area (Å²) in [6.07, 6.45) is 7.10. The van der Waals surface area contributed by atoms with Crippen molar-refractivity contribution in [2.24, 2.45) is 0 Å². The predicted molar refractivity (Wildman–Crippen MR) is 66.0 cm³/mol. The molecule has 0 spiro atoms. The van der Waals surface area contributed by atoms with Crippen molar-refractivity contribution in [1.29, 1.82) is 0 Å². The molecular weight excluding hydrogens is 238 g/mol. The minimum atomic E-state index is -0.133. The predicted octanol–water partition coefficient (Wildman–Crippen LogP) is 2.56. The second-order valence-electron chi connectivity index (χ2n) is 4.59. The van der Waals surface area contributed by atoms with Crippen LogP contribution in [-0.2, 0) is 0 Å². The van der Waals surface area contributed by atoms with Crippen LogP contribution in [0.15, 0.2) is 18.6 Å². The topological polar surface area (TPSA) is 50.9 Å². The average Bonchev–Trinajstić information content (AvgIpc) is 2.75. The van der Waals surface area contributed by atoms with E-state index in [9.17, 15) is 5.11 Å². The number of halogens is 1. The first-order valence-corrected chi connectivity index (χ1v) is 6.28. The van der Waals surface area contributed by atoms with Crippen molar-refractivity contribution in [2.45, 2.75) is 37.8 Å². The van der Waals surface area contributed by atoms with Crippen molar-refractivity contribution in [3.63, 3.8) is 0 Å². The second-order valence-corrected chi connectivity index (χ2v) is 4.95. The molecule has 2 aromatic heterocycles. The van der Waals surface area contributed by atoms with E-state index in [1.54, 1.807) is 0 Å². The summed E-state index contributed by atoms with van der Waals surface area (Å²) in [5, 5.41) is 10.9. The normalized spacial score (nSPS) is 25.3. The molecule has 1 fully saturated rings. The minimum Gasteiger partial charge on any atom is -0.393 e. The maximum atomic E-state index is 9.53. The van der Waals surface area contributed by atoms with Crippen LogP contribution in [0, 0.1) is 0 Å². The van der Waals surface area contributed by atoms with Gasteiger partial charge in [-0.1, -0.05) is 11.6 Å². The molecule has 1 aliphatic carbocycles. The molecule has 0 atom stereocenters. The van der Waals surface area contributed by atoms with Crippen LogP contribution in [0.2, 0.25) is 5.15 Å². The maximum absolute atomic E-state index is 9.53. The van der Waals surface area contributed by atoms with Crippen molar-refractivity contribution in [2.75, 3.05) is 0 Å². The first-order chi connectivity index (χ1) is 8.25. The van der Waals surface area contributed by atoms with E-state index < -0.39 is 0 Å². The molecule has 17 heavy (non-hydrogen) atoms. The Bertz CT molecular complexity index is 532. The molecule has 1 N–H and O–H groups in total. The van der Waals surface area contributed by atoms with Gasteiger partial charge >= 0.3 is 0 Å². The Morgan fingerprint density at radius 1 is 1.24 bits per heavy atom. The Hall–Kier alpha value is -1.13. The van der Waals surface area contributed by atoms with E-state index in [0.717, 1.165) is 36.7 Å². The van der Waals surface area contributed by atoms with E-state index in [2.05, 4.69) is 14.5 Å². The van der Waals surface area contributed by atoms with Crippen molar-refractivity contribution in [3.05, 3.63) is 23.7 Å². The van der Waals surface area contributed by atoms with Crippen LogP contribution in [0.5, 0.6) is 0 Å². The van der Waals surface area contributed by atoms with E-state index >= 15 is 0 Å².